The SMILES string of the molecule is C=C/C=C(\C=C)C1=NN=C(C(=C)/C=C\CC)C1CC. The van der Waals surface area contributed by atoms with Gasteiger partial charge in [-0.15, -0.1) is 0 Å². The third kappa shape index (κ3) is 3.50. The lowest BCUT2D eigenvalue weighted by Gasteiger charge is -2.14. The molecule has 19 heavy (non-hydrogen) atoms. The molecule has 0 saturated carbocycles. The van der Waals surface area contributed by atoms with Gasteiger partial charge in [0.1, 0.15) is 0 Å². The Hall–Kier alpha value is -1.96. The fourth-order valence-electron chi connectivity index (χ4n) is 2.04. The second kappa shape index (κ2) is 7.47. The minimum Gasteiger partial charge on any atom is -0.154 e. The first-order chi connectivity index (χ1) is 9.19. The summed E-state index contributed by atoms with van der Waals surface area (Å²) in [4.78, 5) is 0. The van der Waals surface area contributed by atoms with E-state index in [2.05, 4.69) is 49.9 Å². The van der Waals surface area contributed by atoms with E-state index < -0.39 is 0 Å². The first kappa shape index (κ1) is 15.1. The average Bonchev–Trinajstić information content (AvgIpc) is 2.85. The zero-order valence-electron chi connectivity index (χ0n) is 11.9. The highest BCUT2D eigenvalue weighted by Crippen LogP contribution is 2.25. The van der Waals surface area contributed by atoms with Gasteiger partial charge in [-0.2, -0.15) is 10.2 Å². The van der Waals surface area contributed by atoms with Gasteiger partial charge in [-0.3, -0.25) is 0 Å². The zero-order chi connectivity index (χ0) is 14.3. The lowest BCUT2D eigenvalue weighted by molar-refractivity contribution is 0.872. The third-order valence-electron chi connectivity index (χ3n) is 3.03. The summed E-state index contributed by atoms with van der Waals surface area (Å²) in [5.41, 5.74) is 3.83. The monoisotopic (exact) mass is 254 g/mol. The fourth-order valence-corrected chi connectivity index (χ4v) is 2.04. The number of nitrogens with zero attached hydrogens (tertiary/aromatic N) is 2. The molecular weight excluding hydrogens is 232 g/mol. The van der Waals surface area contributed by atoms with Crippen LogP contribution in [-0.2, 0) is 0 Å². The fraction of sp³-hybridized carbons (Fsp3) is 0.294. The molecule has 1 atom stereocenters. The summed E-state index contributed by atoms with van der Waals surface area (Å²) in [6.45, 7) is 15.9. The van der Waals surface area contributed by atoms with Crippen molar-refractivity contribution in [3.63, 3.8) is 0 Å². The first-order valence-corrected chi connectivity index (χ1v) is 6.66. The van der Waals surface area contributed by atoms with Gasteiger partial charge in [0.15, 0.2) is 0 Å². The van der Waals surface area contributed by atoms with Gasteiger partial charge in [-0.1, -0.05) is 64.0 Å². The van der Waals surface area contributed by atoms with E-state index in [9.17, 15) is 0 Å². The molecule has 1 heterocycles. The molecule has 0 aromatic rings. The molecule has 2 heteroatoms. The number of rotatable bonds is 7. The molecule has 0 aromatic carbocycles. The van der Waals surface area contributed by atoms with E-state index in [4.69, 9.17) is 0 Å². The highest BCUT2D eigenvalue weighted by atomic mass is 15.2. The summed E-state index contributed by atoms with van der Waals surface area (Å²) in [6, 6.07) is 0. The third-order valence-corrected chi connectivity index (χ3v) is 3.03. The van der Waals surface area contributed by atoms with E-state index in [1.807, 2.05) is 12.2 Å². The second-order valence-corrected chi connectivity index (χ2v) is 4.33. The normalized spacial score (nSPS) is 19.3. The minimum atomic E-state index is 0.193. The van der Waals surface area contributed by atoms with Crippen molar-refractivity contribution in [3.8, 4) is 0 Å². The van der Waals surface area contributed by atoms with Crippen LogP contribution in [0.3, 0.4) is 0 Å². The van der Waals surface area contributed by atoms with E-state index >= 15 is 0 Å². The first-order valence-electron chi connectivity index (χ1n) is 6.66. The largest absolute Gasteiger partial charge is 0.154 e. The van der Waals surface area contributed by atoms with Gasteiger partial charge in [0, 0.05) is 5.92 Å². The van der Waals surface area contributed by atoms with Gasteiger partial charge in [0.05, 0.1) is 11.4 Å². The lowest BCUT2D eigenvalue weighted by Crippen LogP contribution is -2.21. The van der Waals surface area contributed by atoms with Gasteiger partial charge in [-0.05, 0) is 24.0 Å². The molecule has 0 bridgehead atoms. The van der Waals surface area contributed by atoms with E-state index in [-0.39, 0.29) is 5.92 Å². The summed E-state index contributed by atoms with van der Waals surface area (Å²) in [5, 5.41) is 8.62. The Bertz CT molecular complexity index is 487. The standard InChI is InChI=1S/C17H22N2/c1-6-10-12-13(5)16-15(9-4)17(19-18-16)14(8-3)11-7-2/h7-8,10-12,15H,2-3,5-6,9H2,1,4H3/b12-10-,14-11+. The van der Waals surface area contributed by atoms with Crippen LogP contribution in [0.4, 0.5) is 0 Å². The number of allylic oxidation sites excluding steroid dienone is 7. The molecule has 0 aromatic heterocycles. The Kier molecular flexibility index (Phi) is 5.94. The van der Waals surface area contributed by atoms with Crippen LogP contribution in [0.5, 0.6) is 0 Å². The Labute approximate surface area is 116 Å². The Balaban J connectivity index is 2.98. The molecule has 1 rings (SSSR count). The molecule has 1 unspecified atom stereocenters. The molecular formula is C17H22N2. The molecule has 0 N–H and O–H groups in total. The Morgan fingerprint density at radius 2 is 1.89 bits per heavy atom. The van der Waals surface area contributed by atoms with Crippen molar-refractivity contribution in [2.24, 2.45) is 16.1 Å². The predicted octanol–water partition coefficient (Wildman–Crippen LogP) is 4.64. The van der Waals surface area contributed by atoms with Crippen LogP contribution in [0.1, 0.15) is 26.7 Å². The summed E-state index contributed by atoms with van der Waals surface area (Å²) in [5.74, 6) is 0.193. The van der Waals surface area contributed by atoms with Crippen LogP contribution < -0.4 is 0 Å². The number of hydrogen-bond donors (Lipinski definition) is 0. The van der Waals surface area contributed by atoms with Crippen LogP contribution >= 0.6 is 0 Å². The maximum absolute atomic E-state index is 4.31. The minimum absolute atomic E-state index is 0.193. The van der Waals surface area contributed by atoms with E-state index in [1.165, 1.54) is 0 Å². The maximum Gasteiger partial charge on any atom is 0.0793 e. The Morgan fingerprint density at radius 1 is 1.21 bits per heavy atom. The summed E-state index contributed by atoms with van der Waals surface area (Å²) < 4.78 is 0. The zero-order valence-corrected chi connectivity index (χ0v) is 11.9. The molecule has 0 amide bonds. The smallest absolute Gasteiger partial charge is 0.0793 e. The molecule has 2 nitrogen and oxygen atoms in total. The van der Waals surface area contributed by atoms with Crippen LogP contribution in [0.15, 0.2) is 71.5 Å². The van der Waals surface area contributed by atoms with E-state index in [1.54, 1.807) is 12.2 Å². The quantitative estimate of drug-likeness (QED) is 0.591. The summed E-state index contributed by atoms with van der Waals surface area (Å²) in [7, 11) is 0. The van der Waals surface area contributed by atoms with E-state index in [0.29, 0.717) is 0 Å². The van der Waals surface area contributed by atoms with E-state index in [0.717, 1.165) is 35.4 Å². The van der Waals surface area contributed by atoms with Gasteiger partial charge in [-0.25, -0.2) is 0 Å². The highest BCUT2D eigenvalue weighted by molar-refractivity contribution is 6.23. The summed E-state index contributed by atoms with van der Waals surface area (Å²) in [6.07, 6.45) is 11.5. The molecule has 0 aliphatic carbocycles. The van der Waals surface area contributed by atoms with Gasteiger partial charge < -0.3 is 0 Å². The van der Waals surface area contributed by atoms with Crippen molar-refractivity contribution in [2.75, 3.05) is 0 Å². The van der Waals surface area contributed by atoms with Crippen LogP contribution in [-0.4, -0.2) is 11.4 Å². The van der Waals surface area contributed by atoms with Crippen molar-refractivity contribution >= 4 is 11.4 Å². The topological polar surface area (TPSA) is 24.7 Å². The van der Waals surface area contributed by atoms with Crippen LogP contribution in [0, 0.1) is 5.92 Å². The number of hydrogen-bond acceptors (Lipinski definition) is 2. The van der Waals surface area contributed by atoms with Gasteiger partial charge in [0.2, 0.25) is 0 Å². The summed E-state index contributed by atoms with van der Waals surface area (Å²) >= 11 is 0. The molecule has 100 valence electrons. The molecule has 0 spiro atoms. The van der Waals surface area contributed by atoms with Crippen molar-refractivity contribution in [3.05, 3.63) is 61.3 Å². The molecule has 0 radical (unpaired) electrons. The molecule has 1 aliphatic heterocycles. The van der Waals surface area contributed by atoms with Gasteiger partial charge >= 0.3 is 0 Å². The Morgan fingerprint density at radius 3 is 2.42 bits per heavy atom. The average molecular weight is 254 g/mol. The predicted molar refractivity (Wildman–Crippen MR) is 85.7 cm³/mol. The highest BCUT2D eigenvalue weighted by Gasteiger charge is 2.27. The lowest BCUT2D eigenvalue weighted by atomic mass is 9.87. The maximum atomic E-state index is 4.31. The van der Waals surface area contributed by atoms with Crippen LogP contribution in [0.25, 0.3) is 0 Å². The van der Waals surface area contributed by atoms with Crippen molar-refractivity contribution < 1.29 is 0 Å². The molecule has 0 saturated heterocycles. The molecule has 1 aliphatic rings. The van der Waals surface area contributed by atoms with Crippen molar-refractivity contribution in [1.82, 2.24) is 0 Å². The van der Waals surface area contributed by atoms with Crippen molar-refractivity contribution in [2.45, 2.75) is 26.7 Å². The molecule has 0 fully saturated rings. The van der Waals surface area contributed by atoms with Crippen LogP contribution in [0.2, 0.25) is 0 Å². The van der Waals surface area contributed by atoms with Gasteiger partial charge in [0.25, 0.3) is 0 Å². The van der Waals surface area contributed by atoms with Crippen molar-refractivity contribution in [1.29, 1.82) is 0 Å². The second-order valence-electron chi connectivity index (χ2n) is 4.33.